The second-order valence-electron chi connectivity index (χ2n) is 3.95. The molecule has 0 amide bonds. The van der Waals surface area contributed by atoms with Crippen LogP contribution in [0.3, 0.4) is 0 Å². The Morgan fingerprint density at radius 2 is 2.24 bits per heavy atom. The number of hydrogen-bond acceptors (Lipinski definition) is 6. The number of carbonyl (C=O) groups is 1. The minimum Gasteiger partial charge on any atom is -0.462 e. The molecule has 0 unspecified atom stereocenters. The van der Waals surface area contributed by atoms with Gasteiger partial charge in [0.1, 0.15) is 11.1 Å². The van der Waals surface area contributed by atoms with Gasteiger partial charge >= 0.3 is 5.97 Å². The van der Waals surface area contributed by atoms with Gasteiger partial charge in [-0.3, -0.25) is 0 Å². The van der Waals surface area contributed by atoms with Crippen LogP contribution >= 0.6 is 11.3 Å². The highest BCUT2D eigenvalue weighted by molar-refractivity contribution is 7.13. The fourth-order valence-corrected chi connectivity index (χ4v) is 2.22. The molecule has 0 saturated heterocycles. The molecule has 0 atom stereocenters. The smallest absolute Gasteiger partial charge is 0.350 e. The van der Waals surface area contributed by atoms with Crippen molar-refractivity contribution in [2.24, 2.45) is 0 Å². The van der Waals surface area contributed by atoms with E-state index in [1.54, 1.807) is 30.5 Å². The van der Waals surface area contributed by atoms with E-state index in [0.29, 0.717) is 0 Å². The predicted octanol–water partition coefficient (Wildman–Crippen LogP) is 3.19. The van der Waals surface area contributed by atoms with Crippen molar-refractivity contribution in [1.29, 1.82) is 5.26 Å². The van der Waals surface area contributed by atoms with Crippen LogP contribution in [0, 0.1) is 11.3 Å². The second kappa shape index (κ2) is 7.22. The third-order valence-electron chi connectivity index (χ3n) is 2.56. The molecule has 0 aliphatic rings. The van der Waals surface area contributed by atoms with Gasteiger partial charge in [-0.05, 0) is 31.2 Å². The van der Waals surface area contributed by atoms with Gasteiger partial charge in [0.15, 0.2) is 5.57 Å². The first-order valence-corrected chi connectivity index (χ1v) is 7.16. The maximum atomic E-state index is 11.4. The lowest BCUT2D eigenvalue weighted by atomic mass is 10.2. The molecule has 0 aliphatic carbocycles. The van der Waals surface area contributed by atoms with Gasteiger partial charge in [-0.2, -0.15) is 5.26 Å². The Labute approximate surface area is 126 Å². The second-order valence-corrected chi connectivity index (χ2v) is 4.84. The molecule has 0 spiro atoms. The number of nitrogens with one attached hydrogen (secondary N) is 1. The first-order chi connectivity index (χ1) is 10.2. The van der Waals surface area contributed by atoms with E-state index in [9.17, 15) is 4.79 Å². The lowest BCUT2D eigenvalue weighted by Crippen LogP contribution is -2.07. The molecule has 0 radical (unpaired) electrons. The van der Waals surface area contributed by atoms with E-state index in [2.05, 4.69) is 10.3 Å². The summed E-state index contributed by atoms with van der Waals surface area (Å²) in [6.45, 7) is 1.93. The molecule has 21 heavy (non-hydrogen) atoms. The molecule has 0 bridgehead atoms. The summed E-state index contributed by atoms with van der Waals surface area (Å²) in [6.07, 6.45) is 3.10. The summed E-state index contributed by atoms with van der Waals surface area (Å²) in [7, 11) is 0. The van der Waals surface area contributed by atoms with Crippen LogP contribution in [-0.2, 0) is 9.53 Å². The maximum Gasteiger partial charge on any atom is 0.350 e. The van der Waals surface area contributed by atoms with Crippen LogP contribution in [0.4, 0.5) is 5.69 Å². The average Bonchev–Trinajstić information content (AvgIpc) is 3.03. The van der Waals surface area contributed by atoms with Crippen LogP contribution in [0.15, 0.2) is 47.6 Å². The van der Waals surface area contributed by atoms with Gasteiger partial charge in [0.25, 0.3) is 0 Å². The Kier molecular flexibility index (Phi) is 5.07. The summed E-state index contributed by atoms with van der Waals surface area (Å²) >= 11 is 1.57. The molecule has 106 valence electrons. The molecule has 0 aliphatic heterocycles. The third-order valence-corrected chi connectivity index (χ3v) is 3.39. The first-order valence-electron chi connectivity index (χ1n) is 6.28. The Hall–Kier alpha value is -2.65. The Morgan fingerprint density at radius 1 is 1.48 bits per heavy atom. The highest BCUT2D eigenvalue weighted by Crippen LogP contribution is 2.23. The molecule has 1 N–H and O–H groups in total. The zero-order valence-corrected chi connectivity index (χ0v) is 12.2. The molecule has 5 nitrogen and oxygen atoms in total. The number of ether oxygens (including phenoxy) is 1. The molecule has 6 heteroatoms. The number of nitriles is 1. The summed E-state index contributed by atoms with van der Waals surface area (Å²) in [4.78, 5) is 15.7. The van der Waals surface area contributed by atoms with Crippen LogP contribution in [-0.4, -0.2) is 17.6 Å². The summed E-state index contributed by atoms with van der Waals surface area (Å²) < 4.78 is 4.77. The lowest BCUT2D eigenvalue weighted by molar-refractivity contribution is -0.138. The number of hydrogen-bond donors (Lipinski definition) is 1. The van der Waals surface area contributed by atoms with E-state index in [1.807, 2.05) is 29.6 Å². The lowest BCUT2D eigenvalue weighted by Gasteiger charge is -2.03. The summed E-state index contributed by atoms with van der Waals surface area (Å²) in [6, 6.07) is 9.36. The van der Waals surface area contributed by atoms with Gasteiger partial charge < -0.3 is 10.1 Å². The fourth-order valence-electron chi connectivity index (χ4n) is 1.58. The third kappa shape index (κ3) is 3.91. The van der Waals surface area contributed by atoms with E-state index in [-0.39, 0.29) is 12.2 Å². The van der Waals surface area contributed by atoms with E-state index in [1.165, 1.54) is 6.20 Å². The van der Waals surface area contributed by atoms with Gasteiger partial charge in [-0.15, -0.1) is 11.3 Å². The molecule has 2 aromatic rings. The highest BCUT2D eigenvalue weighted by Gasteiger charge is 2.09. The van der Waals surface area contributed by atoms with Crippen molar-refractivity contribution < 1.29 is 9.53 Å². The van der Waals surface area contributed by atoms with Gasteiger partial charge in [0, 0.05) is 29.0 Å². The van der Waals surface area contributed by atoms with Crippen LogP contribution in [0.25, 0.3) is 10.6 Å². The molecular weight excluding hydrogens is 286 g/mol. The van der Waals surface area contributed by atoms with Crippen molar-refractivity contribution in [1.82, 2.24) is 4.98 Å². The Balaban J connectivity index is 2.06. The quantitative estimate of drug-likeness (QED) is 0.521. The van der Waals surface area contributed by atoms with Crippen molar-refractivity contribution in [3.05, 3.63) is 47.6 Å². The standard InChI is InChI=1S/C15H13N3O2S/c1-2-20-15(19)12(9-16)10-18-13-5-3-11(4-6-13)14-17-7-8-21-14/h3-8,10,18H,2H2,1H3/b12-10+. The van der Waals surface area contributed by atoms with Crippen LogP contribution < -0.4 is 5.32 Å². The Bertz CT molecular complexity index is 670. The largest absolute Gasteiger partial charge is 0.462 e. The zero-order chi connectivity index (χ0) is 15.1. The zero-order valence-electron chi connectivity index (χ0n) is 11.4. The van der Waals surface area contributed by atoms with Crippen molar-refractivity contribution in [3.8, 4) is 16.6 Å². The minimum absolute atomic E-state index is 0.0687. The summed E-state index contributed by atoms with van der Waals surface area (Å²) in [5, 5.41) is 14.7. The molecule has 0 fully saturated rings. The van der Waals surface area contributed by atoms with Crippen molar-refractivity contribution in [3.63, 3.8) is 0 Å². The van der Waals surface area contributed by atoms with Gasteiger partial charge in [0.05, 0.1) is 6.61 Å². The van der Waals surface area contributed by atoms with Gasteiger partial charge in [0.2, 0.25) is 0 Å². The number of benzene rings is 1. The monoisotopic (exact) mass is 299 g/mol. The summed E-state index contributed by atoms with van der Waals surface area (Å²) in [5.41, 5.74) is 1.72. The number of carbonyl (C=O) groups excluding carboxylic acids is 1. The topological polar surface area (TPSA) is 75.0 Å². The van der Waals surface area contributed by atoms with Crippen LogP contribution in [0.5, 0.6) is 0 Å². The van der Waals surface area contributed by atoms with E-state index in [0.717, 1.165) is 16.3 Å². The first kappa shape index (κ1) is 14.8. The van der Waals surface area contributed by atoms with Crippen LogP contribution in [0.1, 0.15) is 6.92 Å². The molecule has 1 aromatic heterocycles. The van der Waals surface area contributed by atoms with Gasteiger partial charge in [-0.1, -0.05) is 0 Å². The minimum atomic E-state index is -0.632. The maximum absolute atomic E-state index is 11.4. The predicted molar refractivity (Wildman–Crippen MR) is 81.5 cm³/mol. The Morgan fingerprint density at radius 3 is 2.81 bits per heavy atom. The fraction of sp³-hybridized carbons (Fsp3) is 0.133. The number of esters is 1. The molecule has 2 rings (SSSR count). The number of anilines is 1. The van der Waals surface area contributed by atoms with Gasteiger partial charge in [-0.25, -0.2) is 9.78 Å². The SMILES string of the molecule is CCOC(=O)/C(C#N)=C/Nc1ccc(-c2nccs2)cc1. The molecular formula is C15H13N3O2S. The normalized spacial score (nSPS) is 10.8. The van der Waals surface area contributed by atoms with Crippen LogP contribution in [0.2, 0.25) is 0 Å². The van der Waals surface area contributed by atoms with E-state index < -0.39 is 5.97 Å². The average molecular weight is 299 g/mol. The van der Waals surface area contributed by atoms with Crippen molar-refractivity contribution >= 4 is 23.0 Å². The van der Waals surface area contributed by atoms with E-state index in [4.69, 9.17) is 10.00 Å². The highest BCUT2D eigenvalue weighted by atomic mass is 32.1. The number of thiazole rings is 1. The number of nitrogens with zero attached hydrogens (tertiary/aromatic N) is 2. The molecule has 1 heterocycles. The molecule has 1 aromatic carbocycles. The van der Waals surface area contributed by atoms with Crippen molar-refractivity contribution in [2.75, 3.05) is 11.9 Å². The number of rotatable bonds is 5. The molecule has 0 saturated carbocycles. The number of aromatic nitrogens is 1. The van der Waals surface area contributed by atoms with Crippen molar-refractivity contribution in [2.45, 2.75) is 6.92 Å². The van der Waals surface area contributed by atoms with E-state index >= 15 is 0 Å². The summed E-state index contributed by atoms with van der Waals surface area (Å²) in [5.74, 6) is -0.632.